The lowest BCUT2D eigenvalue weighted by atomic mass is 10.1. The first-order valence-electron chi connectivity index (χ1n) is 7.55. The van der Waals surface area contributed by atoms with Crippen molar-refractivity contribution >= 4 is 29.2 Å². The maximum atomic E-state index is 12.8. The van der Waals surface area contributed by atoms with E-state index >= 15 is 0 Å². The summed E-state index contributed by atoms with van der Waals surface area (Å²) in [7, 11) is 3.04. The third-order valence-corrected chi connectivity index (χ3v) is 3.77. The lowest BCUT2D eigenvalue weighted by molar-refractivity contribution is -0.104. The minimum atomic E-state index is -0.291. The maximum absolute atomic E-state index is 12.8. The molecule has 1 N–H and O–H groups in total. The largest absolute Gasteiger partial charge is 0.497 e. The van der Waals surface area contributed by atoms with Crippen molar-refractivity contribution in [3.63, 3.8) is 0 Å². The van der Waals surface area contributed by atoms with Gasteiger partial charge in [0.1, 0.15) is 17.8 Å². The van der Waals surface area contributed by atoms with Crippen LogP contribution in [0.5, 0.6) is 11.5 Å². The van der Waals surface area contributed by atoms with Crippen LogP contribution in [0.4, 0.5) is 0 Å². The Balaban J connectivity index is 2.06. The highest BCUT2D eigenvalue weighted by Gasteiger charge is 2.19. The predicted octanol–water partition coefficient (Wildman–Crippen LogP) is 3.02. The Hall–Kier alpha value is -3.41. The smallest absolute Gasteiger partial charge is 0.231 e. The summed E-state index contributed by atoms with van der Waals surface area (Å²) in [5, 5.41) is 0. The molecule has 0 unspecified atom stereocenters. The molecule has 0 saturated carbocycles. The average Bonchev–Trinajstić information content (AvgIpc) is 3.10. The van der Waals surface area contributed by atoms with Crippen LogP contribution in [-0.4, -0.2) is 36.3 Å². The fourth-order valence-corrected chi connectivity index (χ4v) is 2.55. The SMILES string of the molecule is COc1ccc(C(=O)c2nc3c(/C=C/C=O)cccc3[nH]2)c(OC)c1. The molecule has 0 amide bonds. The summed E-state index contributed by atoms with van der Waals surface area (Å²) in [5.74, 6) is 0.914. The number of aromatic nitrogens is 2. The molecule has 1 aromatic heterocycles. The molecule has 25 heavy (non-hydrogen) atoms. The number of allylic oxidation sites excluding steroid dienone is 1. The number of hydrogen-bond acceptors (Lipinski definition) is 5. The monoisotopic (exact) mass is 336 g/mol. The fourth-order valence-electron chi connectivity index (χ4n) is 2.55. The van der Waals surface area contributed by atoms with Gasteiger partial charge >= 0.3 is 0 Å². The van der Waals surface area contributed by atoms with Crippen LogP contribution in [0.15, 0.2) is 42.5 Å². The Bertz CT molecular complexity index is 973. The van der Waals surface area contributed by atoms with Crippen LogP contribution in [0.3, 0.4) is 0 Å². The number of ketones is 1. The van der Waals surface area contributed by atoms with Crippen LogP contribution in [0, 0.1) is 0 Å². The number of para-hydroxylation sites is 1. The summed E-state index contributed by atoms with van der Waals surface area (Å²) < 4.78 is 10.4. The topological polar surface area (TPSA) is 81.3 Å². The van der Waals surface area contributed by atoms with E-state index in [1.54, 1.807) is 31.4 Å². The Morgan fingerprint density at radius 3 is 2.72 bits per heavy atom. The van der Waals surface area contributed by atoms with Gasteiger partial charge in [0.15, 0.2) is 5.82 Å². The van der Waals surface area contributed by atoms with E-state index in [0.29, 0.717) is 34.4 Å². The average molecular weight is 336 g/mol. The highest BCUT2D eigenvalue weighted by molar-refractivity contribution is 6.10. The van der Waals surface area contributed by atoms with E-state index in [0.717, 1.165) is 5.56 Å². The van der Waals surface area contributed by atoms with Gasteiger partial charge in [-0.05, 0) is 30.4 Å². The number of fused-ring (bicyclic) bond motifs is 1. The summed E-state index contributed by atoms with van der Waals surface area (Å²) in [4.78, 5) is 30.8. The van der Waals surface area contributed by atoms with E-state index in [4.69, 9.17) is 9.47 Å². The molecule has 3 aromatic rings. The number of aromatic amines is 1. The number of H-pyrrole nitrogens is 1. The number of aldehydes is 1. The van der Waals surface area contributed by atoms with E-state index in [9.17, 15) is 9.59 Å². The fraction of sp³-hybridized carbons (Fsp3) is 0.105. The second kappa shape index (κ2) is 7.00. The Morgan fingerprint density at radius 2 is 2.00 bits per heavy atom. The van der Waals surface area contributed by atoms with Crippen molar-refractivity contribution in [3.05, 3.63) is 59.4 Å². The highest BCUT2D eigenvalue weighted by Crippen LogP contribution is 2.27. The summed E-state index contributed by atoms with van der Waals surface area (Å²) in [5.41, 5.74) is 2.47. The predicted molar refractivity (Wildman–Crippen MR) is 94.2 cm³/mol. The van der Waals surface area contributed by atoms with Crippen molar-refractivity contribution in [2.75, 3.05) is 14.2 Å². The number of nitrogens with zero attached hydrogens (tertiary/aromatic N) is 1. The molecular formula is C19H16N2O4. The summed E-state index contributed by atoms with van der Waals surface area (Å²) in [6.07, 6.45) is 3.73. The van der Waals surface area contributed by atoms with E-state index < -0.39 is 0 Å². The van der Waals surface area contributed by atoms with Crippen molar-refractivity contribution < 1.29 is 19.1 Å². The molecule has 0 fully saturated rings. The Morgan fingerprint density at radius 1 is 1.16 bits per heavy atom. The van der Waals surface area contributed by atoms with Crippen LogP contribution in [0.1, 0.15) is 21.7 Å². The second-order valence-electron chi connectivity index (χ2n) is 5.22. The van der Waals surface area contributed by atoms with E-state index in [1.807, 2.05) is 18.2 Å². The molecule has 0 aliphatic rings. The zero-order chi connectivity index (χ0) is 17.8. The van der Waals surface area contributed by atoms with E-state index in [1.165, 1.54) is 13.2 Å². The zero-order valence-corrected chi connectivity index (χ0v) is 13.8. The van der Waals surface area contributed by atoms with Crippen LogP contribution in [0.2, 0.25) is 0 Å². The molecule has 0 radical (unpaired) electrons. The third kappa shape index (κ3) is 3.14. The standard InChI is InChI=1S/C19H16N2O4/c1-24-13-8-9-14(16(11-13)25-2)18(23)19-20-15-7-3-5-12(6-4-10-22)17(15)21-19/h3-11H,1-2H3,(H,20,21)/b6-4+. The van der Waals surface area contributed by atoms with Crippen LogP contribution < -0.4 is 9.47 Å². The quantitative estimate of drug-likeness (QED) is 0.425. The zero-order valence-electron chi connectivity index (χ0n) is 13.8. The van der Waals surface area contributed by atoms with Gasteiger partial charge in [0.05, 0.1) is 30.8 Å². The van der Waals surface area contributed by atoms with Crippen LogP contribution in [0.25, 0.3) is 17.1 Å². The van der Waals surface area contributed by atoms with Gasteiger partial charge in [0, 0.05) is 11.6 Å². The molecule has 6 heteroatoms. The lowest BCUT2D eigenvalue weighted by Gasteiger charge is -2.08. The molecule has 0 aliphatic heterocycles. The molecule has 0 bridgehead atoms. The Kier molecular flexibility index (Phi) is 4.61. The number of carbonyl (C=O) groups is 2. The molecule has 0 atom stereocenters. The van der Waals surface area contributed by atoms with Crippen molar-refractivity contribution in [1.82, 2.24) is 9.97 Å². The first kappa shape index (κ1) is 16.4. The number of benzene rings is 2. The number of methoxy groups -OCH3 is 2. The molecule has 2 aromatic carbocycles. The second-order valence-corrected chi connectivity index (χ2v) is 5.22. The highest BCUT2D eigenvalue weighted by atomic mass is 16.5. The molecule has 0 spiro atoms. The lowest BCUT2D eigenvalue weighted by Crippen LogP contribution is -2.06. The third-order valence-electron chi connectivity index (χ3n) is 3.77. The number of carbonyl (C=O) groups excluding carboxylic acids is 2. The summed E-state index contributed by atoms with van der Waals surface area (Å²) in [6.45, 7) is 0. The number of nitrogens with one attached hydrogen (secondary N) is 1. The van der Waals surface area contributed by atoms with Gasteiger partial charge in [0.25, 0.3) is 0 Å². The van der Waals surface area contributed by atoms with Crippen LogP contribution in [-0.2, 0) is 4.79 Å². The van der Waals surface area contributed by atoms with Crippen molar-refractivity contribution in [2.45, 2.75) is 0 Å². The first-order valence-corrected chi connectivity index (χ1v) is 7.55. The van der Waals surface area contributed by atoms with E-state index in [2.05, 4.69) is 9.97 Å². The van der Waals surface area contributed by atoms with Gasteiger partial charge in [-0.3, -0.25) is 9.59 Å². The summed E-state index contributed by atoms with van der Waals surface area (Å²) >= 11 is 0. The Labute approximate surface area is 144 Å². The summed E-state index contributed by atoms with van der Waals surface area (Å²) in [6, 6.07) is 10.5. The molecule has 126 valence electrons. The molecule has 0 saturated heterocycles. The van der Waals surface area contributed by atoms with E-state index in [-0.39, 0.29) is 11.6 Å². The molecule has 3 rings (SSSR count). The number of ether oxygens (including phenoxy) is 2. The number of hydrogen-bond donors (Lipinski definition) is 1. The molecular weight excluding hydrogens is 320 g/mol. The molecule has 6 nitrogen and oxygen atoms in total. The van der Waals surface area contributed by atoms with Crippen LogP contribution >= 0.6 is 0 Å². The van der Waals surface area contributed by atoms with Crippen molar-refractivity contribution in [2.24, 2.45) is 0 Å². The first-order chi connectivity index (χ1) is 12.2. The normalized spacial score (nSPS) is 11.0. The van der Waals surface area contributed by atoms with Crippen molar-refractivity contribution in [3.8, 4) is 11.5 Å². The van der Waals surface area contributed by atoms with Crippen molar-refractivity contribution in [1.29, 1.82) is 0 Å². The molecule has 1 heterocycles. The maximum Gasteiger partial charge on any atom is 0.231 e. The van der Waals surface area contributed by atoms with Gasteiger partial charge in [-0.1, -0.05) is 12.1 Å². The molecule has 0 aliphatic carbocycles. The number of rotatable bonds is 6. The van der Waals surface area contributed by atoms with Gasteiger partial charge in [-0.25, -0.2) is 4.98 Å². The minimum Gasteiger partial charge on any atom is -0.497 e. The minimum absolute atomic E-state index is 0.199. The van der Waals surface area contributed by atoms with Gasteiger partial charge in [0.2, 0.25) is 5.78 Å². The van der Waals surface area contributed by atoms with Gasteiger partial charge in [-0.2, -0.15) is 0 Å². The number of imidazole rings is 1. The van der Waals surface area contributed by atoms with Gasteiger partial charge in [-0.15, -0.1) is 0 Å². The van der Waals surface area contributed by atoms with Gasteiger partial charge < -0.3 is 14.5 Å².